The van der Waals surface area contributed by atoms with Gasteiger partial charge in [-0.05, 0) is 30.5 Å². The first kappa shape index (κ1) is 20.3. The molecule has 0 spiro atoms. The van der Waals surface area contributed by atoms with Gasteiger partial charge >= 0.3 is 0 Å². The van der Waals surface area contributed by atoms with Gasteiger partial charge < -0.3 is 10.5 Å². The van der Waals surface area contributed by atoms with E-state index in [0.29, 0.717) is 11.0 Å². The number of rotatable bonds is 6. The van der Waals surface area contributed by atoms with E-state index >= 15 is 0 Å². The van der Waals surface area contributed by atoms with Gasteiger partial charge in [0.05, 0.1) is 0 Å². The Hall–Kier alpha value is 1.02. The Bertz CT molecular complexity index is 219. The summed E-state index contributed by atoms with van der Waals surface area (Å²) in [4.78, 5) is 0. The van der Waals surface area contributed by atoms with Crippen molar-refractivity contribution < 1.29 is 37.1 Å². The second-order valence-electron chi connectivity index (χ2n) is 6.23. The Kier molecular flexibility index (Phi) is 10.8. The zero-order valence-corrected chi connectivity index (χ0v) is 16.6. The third kappa shape index (κ3) is 8.69. The molecule has 0 fully saturated rings. The summed E-state index contributed by atoms with van der Waals surface area (Å²) in [5.74, 6) is 0.706. The zero-order valence-electron chi connectivity index (χ0n) is 12.8. The summed E-state index contributed by atoms with van der Waals surface area (Å²) in [6, 6.07) is 0. The molecule has 0 aliphatic carbocycles. The van der Waals surface area contributed by atoms with Crippen molar-refractivity contribution in [3.63, 3.8) is 0 Å². The molecular formula is C14H29OSiY-. The van der Waals surface area contributed by atoms with E-state index in [2.05, 4.69) is 52.9 Å². The number of hydrogen-bond acceptors (Lipinski definition) is 1. The molecule has 1 atom stereocenters. The molecule has 1 nitrogen and oxygen atoms in total. The smallest absolute Gasteiger partial charge is 0.191 e. The SMILES string of the molecule is C[C-]=CC[C@H](C)CCO[Si](C)(C)C(C)(C)C.[Y]. The van der Waals surface area contributed by atoms with Crippen LogP contribution in [0.1, 0.15) is 47.5 Å². The van der Waals surface area contributed by atoms with Gasteiger partial charge in [-0.15, -0.1) is 0 Å². The standard InChI is InChI=1S/C14H29OSi.Y/c1-8-9-10-13(2)11-12-15-16(6,7)14(3,4)5;/h9,13H,10-12H2,1-7H3;/q-1;/t13-;/m0./s1. The summed E-state index contributed by atoms with van der Waals surface area (Å²) in [7, 11) is -1.53. The van der Waals surface area contributed by atoms with Crippen LogP contribution in [0, 0.1) is 12.0 Å². The van der Waals surface area contributed by atoms with Crippen LogP contribution in [0.25, 0.3) is 0 Å². The second kappa shape index (κ2) is 9.01. The Morgan fingerprint density at radius 1 is 1.29 bits per heavy atom. The van der Waals surface area contributed by atoms with Crippen LogP contribution in [0.3, 0.4) is 0 Å². The van der Waals surface area contributed by atoms with Gasteiger partial charge in [-0.25, -0.2) is 0 Å². The van der Waals surface area contributed by atoms with E-state index in [-0.39, 0.29) is 32.7 Å². The molecule has 0 heterocycles. The second-order valence-corrected chi connectivity index (χ2v) is 11.0. The largest absolute Gasteiger partial charge is 0.504 e. The first-order valence-corrected chi connectivity index (χ1v) is 9.24. The van der Waals surface area contributed by atoms with Crippen molar-refractivity contribution >= 4 is 8.32 Å². The maximum atomic E-state index is 6.15. The van der Waals surface area contributed by atoms with Crippen LogP contribution in [-0.2, 0) is 37.1 Å². The van der Waals surface area contributed by atoms with E-state index in [9.17, 15) is 0 Å². The summed E-state index contributed by atoms with van der Waals surface area (Å²) in [6.45, 7) is 16.7. The molecule has 0 aromatic heterocycles. The molecule has 0 amide bonds. The third-order valence-electron chi connectivity index (χ3n) is 3.60. The van der Waals surface area contributed by atoms with Gasteiger partial charge in [0.25, 0.3) is 0 Å². The Labute approximate surface area is 135 Å². The summed E-state index contributed by atoms with van der Waals surface area (Å²) in [5.41, 5.74) is 0. The van der Waals surface area contributed by atoms with Crippen LogP contribution < -0.4 is 0 Å². The van der Waals surface area contributed by atoms with E-state index in [1.54, 1.807) is 0 Å². The summed E-state index contributed by atoms with van der Waals surface area (Å²) < 4.78 is 6.15. The average Bonchev–Trinajstić information content (AvgIpc) is 2.12. The molecule has 1 radical (unpaired) electrons. The maximum Gasteiger partial charge on any atom is 0.191 e. The van der Waals surface area contributed by atoms with E-state index < -0.39 is 8.32 Å². The van der Waals surface area contributed by atoms with Gasteiger partial charge in [0.1, 0.15) is 0 Å². The molecule has 0 aliphatic heterocycles. The minimum Gasteiger partial charge on any atom is -0.504 e. The minimum absolute atomic E-state index is 0. The Balaban J connectivity index is 0. The minimum atomic E-state index is -1.53. The van der Waals surface area contributed by atoms with Gasteiger partial charge in [-0.2, -0.15) is 6.92 Å². The summed E-state index contributed by atoms with van der Waals surface area (Å²) >= 11 is 0. The maximum absolute atomic E-state index is 6.15. The van der Waals surface area contributed by atoms with E-state index in [0.717, 1.165) is 19.4 Å². The van der Waals surface area contributed by atoms with Crippen LogP contribution in [0.2, 0.25) is 18.1 Å². The Morgan fingerprint density at radius 3 is 2.24 bits per heavy atom. The molecule has 0 saturated carbocycles. The number of allylic oxidation sites excluding steroid dienone is 2. The molecule has 3 heteroatoms. The molecule has 0 aromatic carbocycles. The van der Waals surface area contributed by atoms with Crippen molar-refractivity contribution in [1.29, 1.82) is 0 Å². The molecule has 0 unspecified atom stereocenters. The van der Waals surface area contributed by atoms with Gasteiger partial charge in [-0.3, -0.25) is 6.08 Å². The fraction of sp³-hybridized carbons (Fsp3) is 0.857. The quantitative estimate of drug-likeness (QED) is 0.502. The molecule has 0 aromatic rings. The first-order valence-electron chi connectivity index (χ1n) is 6.33. The van der Waals surface area contributed by atoms with Crippen molar-refractivity contribution in [1.82, 2.24) is 0 Å². The van der Waals surface area contributed by atoms with Crippen molar-refractivity contribution in [2.45, 2.75) is 65.6 Å². The first-order chi connectivity index (χ1) is 7.20. The molecular weight excluding hydrogens is 301 g/mol. The van der Waals surface area contributed by atoms with Crippen LogP contribution in [-0.4, -0.2) is 14.9 Å². The fourth-order valence-electron chi connectivity index (χ4n) is 1.17. The van der Waals surface area contributed by atoms with Crippen LogP contribution >= 0.6 is 0 Å². The van der Waals surface area contributed by atoms with Crippen LogP contribution in [0.15, 0.2) is 6.08 Å². The van der Waals surface area contributed by atoms with Crippen molar-refractivity contribution in [2.75, 3.05) is 6.61 Å². The van der Waals surface area contributed by atoms with Gasteiger partial charge in [0, 0.05) is 39.3 Å². The fourth-order valence-corrected chi connectivity index (χ4v) is 2.23. The zero-order chi connectivity index (χ0) is 12.8. The normalized spacial score (nSPS) is 14.8. The van der Waals surface area contributed by atoms with Gasteiger partial charge in [-0.1, -0.05) is 34.1 Å². The van der Waals surface area contributed by atoms with E-state index in [1.165, 1.54) is 0 Å². The van der Waals surface area contributed by atoms with E-state index in [1.807, 2.05) is 6.92 Å². The predicted octanol–water partition coefficient (Wildman–Crippen LogP) is 4.80. The van der Waals surface area contributed by atoms with Crippen LogP contribution in [0.5, 0.6) is 0 Å². The molecule has 0 saturated heterocycles. The van der Waals surface area contributed by atoms with Crippen LogP contribution in [0.4, 0.5) is 0 Å². The molecule has 0 N–H and O–H groups in total. The van der Waals surface area contributed by atoms with Crippen molar-refractivity contribution in [3.05, 3.63) is 12.2 Å². The Morgan fingerprint density at radius 2 is 1.82 bits per heavy atom. The predicted molar refractivity (Wildman–Crippen MR) is 75.0 cm³/mol. The molecule has 0 rings (SSSR count). The molecule has 99 valence electrons. The summed E-state index contributed by atoms with van der Waals surface area (Å²) in [6.07, 6.45) is 7.47. The molecule has 17 heavy (non-hydrogen) atoms. The molecule has 0 bridgehead atoms. The summed E-state index contributed by atoms with van der Waals surface area (Å²) in [5, 5.41) is 0.327. The topological polar surface area (TPSA) is 9.23 Å². The van der Waals surface area contributed by atoms with Crippen molar-refractivity contribution in [2.24, 2.45) is 5.92 Å². The van der Waals surface area contributed by atoms with Gasteiger partial charge in [0.15, 0.2) is 8.32 Å². The number of hydrogen-bond donors (Lipinski definition) is 0. The van der Waals surface area contributed by atoms with E-state index in [4.69, 9.17) is 4.43 Å². The molecule has 0 aliphatic rings. The van der Waals surface area contributed by atoms with Gasteiger partial charge in [0.2, 0.25) is 0 Å². The monoisotopic (exact) mass is 330 g/mol. The van der Waals surface area contributed by atoms with Crippen molar-refractivity contribution in [3.8, 4) is 0 Å². The third-order valence-corrected chi connectivity index (χ3v) is 8.14. The average molecular weight is 330 g/mol.